The van der Waals surface area contributed by atoms with Crippen LogP contribution in [0.15, 0.2) is 42.5 Å². The van der Waals surface area contributed by atoms with E-state index in [1.54, 1.807) is 24.3 Å². The highest BCUT2D eigenvalue weighted by molar-refractivity contribution is 8.00. The van der Waals surface area contributed by atoms with Gasteiger partial charge in [-0.2, -0.15) is 0 Å². The number of hydrazine groups is 1. The SMILES string of the molecule is Cc1ccc(NC(=O)CSCC(=O)NNC(=O)c2ccc(Cl)cc2)c(C)c1. The molecule has 3 amide bonds. The second-order valence-corrected chi connectivity index (χ2v) is 7.29. The van der Waals surface area contributed by atoms with Crippen LogP contribution in [0.4, 0.5) is 5.69 Å². The van der Waals surface area contributed by atoms with Gasteiger partial charge in [0.2, 0.25) is 11.8 Å². The summed E-state index contributed by atoms with van der Waals surface area (Å²) in [5.41, 5.74) is 7.86. The summed E-state index contributed by atoms with van der Waals surface area (Å²) in [6.07, 6.45) is 0. The number of carbonyl (C=O) groups is 3. The van der Waals surface area contributed by atoms with E-state index in [-0.39, 0.29) is 17.4 Å². The number of amides is 3. The van der Waals surface area contributed by atoms with E-state index in [4.69, 9.17) is 11.6 Å². The Labute approximate surface area is 167 Å². The van der Waals surface area contributed by atoms with E-state index in [1.807, 2.05) is 32.0 Å². The number of halogens is 1. The van der Waals surface area contributed by atoms with Crippen molar-refractivity contribution in [1.29, 1.82) is 0 Å². The zero-order valence-corrected chi connectivity index (χ0v) is 16.5. The van der Waals surface area contributed by atoms with Gasteiger partial charge in [0.05, 0.1) is 11.5 Å². The van der Waals surface area contributed by atoms with Gasteiger partial charge in [-0.15, -0.1) is 11.8 Å². The van der Waals surface area contributed by atoms with Gasteiger partial charge in [0.25, 0.3) is 5.91 Å². The van der Waals surface area contributed by atoms with Gasteiger partial charge in [-0.25, -0.2) is 0 Å². The van der Waals surface area contributed by atoms with E-state index in [0.29, 0.717) is 10.6 Å². The van der Waals surface area contributed by atoms with Gasteiger partial charge < -0.3 is 5.32 Å². The Bertz CT molecular complexity index is 841. The molecule has 3 N–H and O–H groups in total. The fourth-order valence-corrected chi connectivity index (χ4v) is 2.96. The van der Waals surface area contributed by atoms with E-state index in [2.05, 4.69) is 16.2 Å². The normalized spacial score (nSPS) is 10.2. The predicted octanol–water partition coefficient (Wildman–Crippen LogP) is 3.09. The summed E-state index contributed by atoms with van der Waals surface area (Å²) in [6, 6.07) is 12.0. The fourth-order valence-electron chi connectivity index (χ4n) is 2.21. The molecule has 8 heteroatoms. The third-order valence-corrected chi connectivity index (χ3v) is 4.73. The molecule has 142 valence electrons. The standard InChI is InChI=1S/C19H20ClN3O3S/c1-12-3-8-16(13(2)9-12)21-17(24)10-27-11-18(25)22-23-19(26)14-4-6-15(20)7-5-14/h3-9H,10-11H2,1-2H3,(H,21,24)(H,22,25)(H,23,26). The molecule has 2 rings (SSSR count). The van der Waals surface area contributed by atoms with E-state index >= 15 is 0 Å². The summed E-state index contributed by atoms with van der Waals surface area (Å²) in [7, 11) is 0. The van der Waals surface area contributed by atoms with Gasteiger partial charge in [-0.3, -0.25) is 25.2 Å². The van der Waals surface area contributed by atoms with Crippen LogP contribution in [0.5, 0.6) is 0 Å². The van der Waals surface area contributed by atoms with Crippen molar-refractivity contribution < 1.29 is 14.4 Å². The van der Waals surface area contributed by atoms with Crippen LogP contribution in [0.25, 0.3) is 0 Å². The minimum atomic E-state index is -0.447. The van der Waals surface area contributed by atoms with Crippen molar-refractivity contribution in [2.75, 3.05) is 16.8 Å². The maximum atomic E-state index is 12.0. The maximum absolute atomic E-state index is 12.0. The Morgan fingerprint density at radius 3 is 2.26 bits per heavy atom. The average molecular weight is 406 g/mol. The van der Waals surface area contributed by atoms with Gasteiger partial charge in [-0.05, 0) is 49.7 Å². The summed E-state index contributed by atoms with van der Waals surface area (Å²) in [5, 5.41) is 3.33. The third-order valence-electron chi connectivity index (χ3n) is 3.54. The van der Waals surface area contributed by atoms with E-state index < -0.39 is 11.8 Å². The number of hydrogen-bond acceptors (Lipinski definition) is 4. The second-order valence-electron chi connectivity index (χ2n) is 5.87. The summed E-state index contributed by atoms with van der Waals surface area (Å²) < 4.78 is 0. The molecule has 0 saturated heterocycles. The van der Waals surface area contributed by atoms with Crippen LogP contribution in [0, 0.1) is 13.8 Å². The molecule has 0 aliphatic heterocycles. The molecule has 0 atom stereocenters. The first-order chi connectivity index (χ1) is 12.8. The molecule has 0 aromatic heterocycles. The fraction of sp³-hybridized carbons (Fsp3) is 0.211. The van der Waals surface area contributed by atoms with Crippen molar-refractivity contribution in [1.82, 2.24) is 10.9 Å². The van der Waals surface area contributed by atoms with E-state index in [1.165, 1.54) is 0 Å². The molecule has 2 aromatic carbocycles. The molecule has 2 aromatic rings. The zero-order valence-electron chi connectivity index (χ0n) is 15.0. The maximum Gasteiger partial charge on any atom is 0.269 e. The minimum Gasteiger partial charge on any atom is -0.325 e. The van der Waals surface area contributed by atoms with Gasteiger partial charge >= 0.3 is 0 Å². The van der Waals surface area contributed by atoms with E-state index in [0.717, 1.165) is 28.6 Å². The monoisotopic (exact) mass is 405 g/mol. The summed E-state index contributed by atoms with van der Waals surface area (Å²) in [4.78, 5) is 35.6. The Morgan fingerprint density at radius 2 is 1.59 bits per heavy atom. The summed E-state index contributed by atoms with van der Waals surface area (Å²) in [6.45, 7) is 3.91. The third kappa shape index (κ3) is 6.96. The first-order valence-electron chi connectivity index (χ1n) is 8.15. The van der Waals surface area contributed by atoms with Gasteiger partial charge in [-0.1, -0.05) is 29.3 Å². The first kappa shape index (κ1) is 20.8. The largest absolute Gasteiger partial charge is 0.325 e. The van der Waals surface area contributed by atoms with Gasteiger partial charge in [0, 0.05) is 16.3 Å². The Hall–Kier alpha value is -2.51. The van der Waals surface area contributed by atoms with Crippen LogP contribution in [-0.2, 0) is 9.59 Å². The highest BCUT2D eigenvalue weighted by atomic mass is 35.5. The highest BCUT2D eigenvalue weighted by Crippen LogP contribution is 2.16. The number of carbonyl (C=O) groups excluding carboxylic acids is 3. The molecule has 0 heterocycles. The molecular weight excluding hydrogens is 386 g/mol. The zero-order chi connectivity index (χ0) is 19.8. The number of nitrogens with one attached hydrogen (secondary N) is 3. The quantitative estimate of drug-likeness (QED) is 0.644. The molecule has 6 nitrogen and oxygen atoms in total. The second kappa shape index (κ2) is 9.99. The summed E-state index contributed by atoms with van der Waals surface area (Å²) in [5.74, 6) is -0.864. The Morgan fingerprint density at radius 1 is 0.926 bits per heavy atom. The smallest absolute Gasteiger partial charge is 0.269 e. The molecule has 0 saturated carbocycles. The molecule has 0 fully saturated rings. The topological polar surface area (TPSA) is 87.3 Å². The van der Waals surface area contributed by atoms with Crippen LogP contribution in [0.2, 0.25) is 5.02 Å². The number of rotatable bonds is 6. The molecule has 0 unspecified atom stereocenters. The van der Waals surface area contributed by atoms with Crippen LogP contribution < -0.4 is 16.2 Å². The molecular formula is C19H20ClN3O3S. The van der Waals surface area contributed by atoms with Crippen LogP contribution in [0.1, 0.15) is 21.5 Å². The van der Waals surface area contributed by atoms with Crippen molar-refractivity contribution in [3.8, 4) is 0 Å². The Balaban J connectivity index is 1.68. The predicted molar refractivity (Wildman–Crippen MR) is 109 cm³/mol. The van der Waals surface area contributed by atoms with Crippen LogP contribution in [0.3, 0.4) is 0 Å². The van der Waals surface area contributed by atoms with Gasteiger partial charge in [0.1, 0.15) is 0 Å². The lowest BCUT2D eigenvalue weighted by atomic mass is 10.1. The highest BCUT2D eigenvalue weighted by Gasteiger charge is 2.09. The lowest BCUT2D eigenvalue weighted by Gasteiger charge is -2.09. The Kier molecular flexibility index (Phi) is 7.69. The summed E-state index contributed by atoms with van der Waals surface area (Å²) >= 11 is 6.91. The van der Waals surface area contributed by atoms with Crippen molar-refractivity contribution in [2.24, 2.45) is 0 Å². The molecule has 0 bridgehead atoms. The van der Waals surface area contributed by atoms with Crippen molar-refractivity contribution in [3.63, 3.8) is 0 Å². The number of anilines is 1. The molecule has 0 spiro atoms. The van der Waals surface area contributed by atoms with Crippen molar-refractivity contribution in [2.45, 2.75) is 13.8 Å². The number of aryl methyl sites for hydroxylation is 2. The molecule has 27 heavy (non-hydrogen) atoms. The lowest BCUT2D eigenvalue weighted by Crippen LogP contribution is -2.42. The van der Waals surface area contributed by atoms with Crippen LogP contribution in [-0.4, -0.2) is 29.2 Å². The first-order valence-corrected chi connectivity index (χ1v) is 9.68. The minimum absolute atomic E-state index is 0.0429. The van der Waals surface area contributed by atoms with E-state index in [9.17, 15) is 14.4 Å². The van der Waals surface area contributed by atoms with Crippen LogP contribution >= 0.6 is 23.4 Å². The lowest BCUT2D eigenvalue weighted by molar-refractivity contribution is -0.119. The molecule has 0 aliphatic rings. The molecule has 0 aliphatic carbocycles. The molecule has 0 radical (unpaired) electrons. The number of hydrogen-bond donors (Lipinski definition) is 3. The van der Waals surface area contributed by atoms with Crippen molar-refractivity contribution in [3.05, 3.63) is 64.2 Å². The average Bonchev–Trinajstić information content (AvgIpc) is 2.62. The van der Waals surface area contributed by atoms with Gasteiger partial charge in [0.15, 0.2) is 0 Å². The number of thioether (sulfide) groups is 1. The van der Waals surface area contributed by atoms with Crippen molar-refractivity contribution >= 4 is 46.8 Å². The number of benzene rings is 2.